The van der Waals surface area contributed by atoms with E-state index in [4.69, 9.17) is 0 Å². The Labute approximate surface area is 94.6 Å². The van der Waals surface area contributed by atoms with E-state index < -0.39 is 11.9 Å². The molecule has 1 aromatic rings. The van der Waals surface area contributed by atoms with E-state index in [9.17, 15) is 9.59 Å². The predicted octanol–water partition coefficient (Wildman–Crippen LogP) is 1.71. The van der Waals surface area contributed by atoms with Crippen LogP contribution in [0.15, 0.2) is 24.5 Å². The van der Waals surface area contributed by atoms with Crippen molar-refractivity contribution in [3.63, 3.8) is 0 Å². The van der Waals surface area contributed by atoms with Crippen molar-refractivity contribution in [3.05, 3.63) is 30.1 Å². The summed E-state index contributed by atoms with van der Waals surface area (Å²) in [5.74, 6) is -1.54. The van der Waals surface area contributed by atoms with Crippen molar-refractivity contribution in [2.24, 2.45) is 11.8 Å². The molecule has 0 saturated heterocycles. The van der Waals surface area contributed by atoms with Crippen LogP contribution in [0.4, 0.5) is 0 Å². The van der Waals surface area contributed by atoms with E-state index in [1.54, 1.807) is 12.1 Å². The summed E-state index contributed by atoms with van der Waals surface area (Å²) in [5, 5.41) is 0. The monoisotopic (exact) mass is 221 g/mol. The first-order valence-corrected chi connectivity index (χ1v) is 5.10. The molecule has 1 unspecified atom stereocenters. The number of carbonyl (C=O) groups excluding carboxylic acids is 2. The van der Waals surface area contributed by atoms with Crippen molar-refractivity contribution >= 4 is 11.8 Å². The maximum Gasteiger partial charge on any atom is 0.316 e. The Morgan fingerprint density at radius 1 is 1.25 bits per heavy atom. The second-order valence-electron chi connectivity index (χ2n) is 3.84. The van der Waals surface area contributed by atoms with Gasteiger partial charge in [0.2, 0.25) is 0 Å². The van der Waals surface area contributed by atoms with Crippen LogP contribution < -0.4 is 0 Å². The smallest absolute Gasteiger partial charge is 0.316 e. The summed E-state index contributed by atoms with van der Waals surface area (Å²) in [6.07, 6.45) is 3.06. The molecule has 1 aromatic heterocycles. The number of methoxy groups -OCH3 is 1. The second-order valence-corrected chi connectivity index (χ2v) is 3.84. The van der Waals surface area contributed by atoms with Gasteiger partial charge in [0.25, 0.3) is 0 Å². The summed E-state index contributed by atoms with van der Waals surface area (Å²) in [7, 11) is 1.29. The van der Waals surface area contributed by atoms with Crippen molar-refractivity contribution in [3.8, 4) is 0 Å². The predicted molar refractivity (Wildman–Crippen MR) is 58.9 cm³/mol. The van der Waals surface area contributed by atoms with Gasteiger partial charge in [0.15, 0.2) is 5.78 Å². The van der Waals surface area contributed by atoms with Gasteiger partial charge in [-0.05, 0) is 18.1 Å². The number of nitrogens with zero attached hydrogens (tertiary/aromatic N) is 1. The molecule has 0 aromatic carbocycles. The standard InChI is InChI=1S/C12H15NO3/c1-8(2)10(12(15)16-3)11(14)9-4-6-13-7-5-9/h4-8,10H,1-3H3. The van der Waals surface area contributed by atoms with E-state index in [0.29, 0.717) is 5.56 Å². The number of Topliss-reactive ketones (excluding diaryl/α,β-unsaturated/α-hetero) is 1. The number of carbonyl (C=O) groups is 2. The first-order valence-electron chi connectivity index (χ1n) is 5.10. The molecular weight excluding hydrogens is 206 g/mol. The molecule has 0 N–H and O–H groups in total. The van der Waals surface area contributed by atoms with Crippen LogP contribution >= 0.6 is 0 Å². The van der Waals surface area contributed by atoms with E-state index in [1.165, 1.54) is 19.5 Å². The van der Waals surface area contributed by atoms with Gasteiger partial charge < -0.3 is 4.74 Å². The molecule has 16 heavy (non-hydrogen) atoms. The van der Waals surface area contributed by atoms with Gasteiger partial charge in [-0.25, -0.2) is 0 Å². The molecule has 1 heterocycles. The molecule has 4 nitrogen and oxygen atoms in total. The summed E-state index contributed by atoms with van der Waals surface area (Å²) in [4.78, 5) is 27.4. The van der Waals surface area contributed by atoms with Crippen LogP contribution in [0, 0.1) is 11.8 Å². The van der Waals surface area contributed by atoms with Gasteiger partial charge in [-0.3, -0.25) is 14.6 Å². The van der Waals surface area contributed by atoms with Gasteiger partial charge in [0, 0.05) is 18.0 Å². The third-order valence-electron chi connectivity index (χ3n) is 2.37. The van der Waals surface area contributed by atoms with Crippen molar-refractivity contribution in [2.45, 2.75) is 13.8 Å². The van der Waals surface area contributed by atoms with Gasteiger partial charge >= 0.3 is 5.97 Å². The first-order chi connectivity index (χ1) is 7.57. The van der Waals surface area contributed by atoms with E-state index >= 15 is 0 Å². The fourth-order valence-electron chi connectivity index (χ4n) is 1.50. The molecule has 0 aliphatic rings. The Kier molecular flexibility index (Phi) is 4.17. The molecule has 1 rings (SSSR count). The molecule has 0 fully saturated rings. The maximum absolute atomic E-state index is 12.1. The van der Waals surface area contributed by atoms with E-state index in [1.807, 2.05) is 13.8 Å². The van der Waals surface area contributed by atoms with Crippen LogP contribution in [0.25, 0.3) is 0 Å². The quantitative estimate of drug-likeness (QED) is 0.441. The van der Waals surface area contributed by atoms with Crippen LogP contribution in [0.1, 0.15) is 24.2 Å². The molecule has 0 amide bonds. The number of pyridine rings is 1. The highest BCUT2D eigenvalue weighted by Crippen LogP contribution is 2.18. The Morgan fingerprint density at radius 2 is 1.81 bits per heavy atom. The van der Waals surface area contributed by atoms with Crippen molar-refractivity contribution in [1.82, 2.24) is 4.98 Å². The second kappa shape index (κ2) is 5.39. The van der Waals surface area contributed by atoms with Gasteiger partial charge in [-0.1, -0.05) is 13.8 Å². The molecule has 0 saturated carbocycles. The average molecular weight is 221 g/mol. The molecule has 0 bridgehead atoms. The highest BCUT2D eigenvalue weighted by Gasteiger charge is 2.31. The number of hydrogen-bond acceptors (Lipinski definition) is 4. The number of hydrogen-bond donors (Lipinski definition) is 0. The maximum atomic E-state index is 12.1. The lowest BCUT2D eigenvalue weighted by atomic mass is 9.88. The number of ketones is 1. The number of rotatable bonds is 4. The molecule has 0 aliphatic carbocycles. The molecule has 0 radical (unpaired) electrons. The van der Waals surface area contributed by atoms with Gasteiger partial charge in [-0.2, -0.15) is 0 Å². The summed E-state index contributed by atoms with van der Waals surface area (Å²) in [5.41, 5.74) is 0.485. The summed E-state index contributed by atoms with van der Waals surface area (Å²) < 4.78 is 4.64. The molecule has 1 atom stereocenters. The van der Waals surface area contributed by atoms with E-state index in [2.05, 4.69) is 9.72 Å². The summed E-state index contributed by atoms with van der Waals surface area (Å²) >= 11 is 0. The molecule has 86 valence electrons. The zero-order valence-corrected chi connectivity index (χ0v) is 9.64. The van der Waals surface area contributed by atoms with Crippen molar-refractivity contribution in [1.29, 1.82) is 0 Å². The highest BCUT2D eigenvalue weighted by atomic mass is 16.5. The lowest BCUT2D eigenvalue weighted by Crippen LogP contribution is -2.30. The summed E-state index contributed by atoms with van der Waals surface area (Å²) in [6.45, 7) is 3.64. The van der Waals surface area contributed by atoms with Crippen LogP contribution in [0.5, 0.6) is 0 Å². The SMILES string of the molecule is COC(=O)C(C(=O)c1ccncc1)C(C)C. The minimum atomic E-state index is -0.743. The Bertz CT molecular complexity index is 373. The Balaban J connectivity index is 2.97. The van der Waals surface area contributed by atoms with Gasteiger partial charge in [0.1, 0.15) is 5.92 Å². The van der Waals surface area contributed by atoms with Crippen LogP contribution in [-0.4, -0.2) is 23.8 Å². The zero-order valence-electron chi connectivity index (χ0n) is 9.64. The van der Waals surface area contributed by atoms with E-state index in [-0.39, 0.29) is 11.7 Å². The van der Waals surface area contributed by atoms with Gasteiger partial charge in [0.05, 0.1) is 7.11 Å². The topological polar surface area (TPSA) is 56.3 Å². The Morgan fingerprint density at radius 3 is 2.25 bits per heavy atom. The number of aromatic nitrogens is 1. The zero-order chi connectivity index (χ0) is 12.1. The fourth-order valence-corrected chi connectivity index (χ4v) is 1.50. The average Bonchev–Trinajstić information content (AvgIpc) is 2.29. The van der Waals surface area contributed by atoms with Crippen molar-refractivity contribution < 1.29 is 14.3 Å². The third kappa shape index (κ3) is 2.66. The number of ether oxygens (including phenoxy) is 1. The van der Waals surface area contributed by atoms with E-state index in [0.717, 1.165) is 0 Å². The number of esters is 1. The minimum absolute atomic E-state index is 0.0897. The lowest BCUT2D eigenvalue weighted by Gasteiger charge is -2.16. The summed E-state index contributed by atoms with van der Waals surface area (Å²) in [6, 6.07) is 3.20. The van der Waals surface area contributed by atoms with Crippen LogP contribution in [-0.2, 0) is 9.53 Å². The Hall–Kier alpha value is -1.71. The minimum Gasteiger partial charge on any atom is -0.468 e. The molecule has 0 spiro atoms. The van der Waals surface area contributed by atoms with Gasteiger partial charge in [-0.15, -0.1) is 0 Å². The largest absolute Gasteiger partial charge is 0.468 e. The first kappa shape index (κ1) is 12.4. The normalized spacial score (nSPS) is 12.2. The third-order valence-corrected chi connectivity index (χ3v) is 2.37. The molecular formula is C12H15NO3. The van der Waals surface area contributed by atoms with Crippen LogP contribution in [0.2, 0.25) is 0 Å². The lowest BCUT2D eigenvalue weighted by molar-refractivity contribution is -0.144. The van der Waals surface area contributed by atoms with Crippen LogP contribution in [0.3, 0.4) is 0 Å². The molecule has 4 heteroatoms. The molecule has 0 aliphatic heterocycles. The fraction of sp³-hybridized carbons (Fsp3) is 0.417. The van der Waals surface area contributed by atoms with Crippen molar-refractivity contribution in [2.75, 3.05) is 7.11 Å². The highest BCUT2D eigenvalue weighted by molar-refractivity contribution is 6.08.